The monoisotopic (exact) mass is 506 g/mol. The summed E-state index contributed by atoms with van der Waals surface area (Å²) in [5, 5.41) is 0.708. The fourth-order valence-corrected chi connectivity index (χ4v) is 4.63. The molecule has 0 saturated heterocycles. The summed E-state index contributed by atoms with van der Waals surface area (Å²) in [5.41, 5.74) is -1.52. The van der Waals surface area contributed by atoms with E-state index in [2.05, 4.69) is 9.97 Å². The highest BCUT2D eigenvalue weighted by atomic mass is 35.5. The lowest BCUT2D eigenvalue weighted by Crippen LogP contribution is -2.53. The number of fused-ring (bicyclic) bond motifs is 1. The molecule has 0 radical (unpaired) electrons. The van der Waals surface area contributed by atoms with Gasteiger partial charge in [0, 0.05) is 18.5 Å². The Labute approximate surface area is 211 Å². The predicted molar refractivity (Wildman–Crippen MR) is 133 cm³/mol. The van der Waals surface area contributed by atoms with Crippen LogP contribution in [0.3, 0.4) is 0 Å². The van der Waals surface area contributed by atoms with E-state index in [1.54, 1.807) is 53.8 Å². The minimum atomic E-state index is -0.817. The molecule has 0 spiro atoms. The highest BCUT2D eigenvalue weighted by molar-refractivity contribution is 6.28. The van der Waals surface area contributed by atoms with Crippen molar-refractivity contribution in [2.24, 2.45) is 0 Å². The Bertz CT molecular complexity index is 1100. The summed E-state index contributed by atoms with van der Waals surface area (Å²) < 4.78 is 13.0. The van der Waals surface area contributed by atoms with Gasteiger partial charge in [0.15, 0.2) is 5.78 Å². The molecule has 1 saturated carbocycles. The smallest absolute Gasteiger partial charge is 0.419 e. The normalized spacial score (nSPS) is 16.1. The van der Waals surface area contributed by atoms with E-state index in [1.165, 1.54) is 6.92 Å². The average Bonchev–Trinajstić information content (AvgIpc) is 3.09. The van der Waals surface area contributed by atoms with E-state index in [1.807, 2.05) is 4.57 Å². The zero-order valence-electron chi connectivity index (χ0n) is 21.6. The van der Waals surface area contributed by atoms with Gasteiger partial charge in [0.05, 0.1) is 17.8 Å². The van der Waals surface area contributed by atoms with E-state index in [0.717, 1.165) is 24.2 Å². The highest BCUT2D eigenvalue weighted by Gasteiger charge is 2.44. The van der Waals surface area contributed by atoms with Gasteiger partial charge in [0.1, 0.15) is 16.8 Å². The predicted octanol–water partition coefficient (Wildman–Crippen LogP) is 6.12. The summed E-state index contributed by atoms with van der Waals surface area (Å²) in [6, 6.07) is 1.73. The van der Waals surface area contributed by atoms with Gasteiger partial charge >= 0.3 is 12.2 Å². The van der Waals surface area contributed by atoms with Crippen molar-refractivity contribution in [3.8, 4) is 0 Å². The number of ether oxygens (including phenoxy) is 2. The number of halogens is 1. The Balaban J connectivity index is 2.18. The van der Waals surface area contributed by atoms with Gasteiger partial charge in [0.2, 0.25) is 5.28 Å². The second kappa shape index (κ2) is 9.76. The number of ketones is 1. The van der Waals surface area contributed by atoms with E-state index >= 15 is 0 Å². The van der Waals surface area contributed by atoms with Crippen LogP contribution in [0.15, 0.2) is 12.3 Å². The minimum absolute atomic E-state index is 0.0392. The first kappa shape index (κ1) is 26.9. The van der Waals surface area contributed by atoms with Gasteiger partial charge in [-0.15, -0.1) is 0 Å². The maximum absolute atomic E-state index is 13.3. The second-order valence-corrected chi connectivity index (χ2v) is 11.5. The van der Waals surface area contributed by atoms with Crippen LogP contribution in [0.1, 0.15) is 91.1 Å². The van der Waals surface area contributed by atoms with Crippen molar-refractivity contribution in [3.63, 3.8) is 0 Å². The highest BCUT2D eigenvalue weighted by Crippen LogP contribution is 2.40. The molecule has 2 heterocycles. The van der Waals surface area contributed by atoms with Gasteiger partial charge in [-0.3, -0.25) is 4.79 Å². The van der Waals surface area contributed by atoms with Gasteiger partial charge in [-0.25, -0.2) is 19.5 Å². The van der Waals surface area contributed by atoms with Crippen molar-refractivity contribution < 1.29 is 23.9 Å². The summed E-state index contributed by atoms with van der Waals surface area (Å²) >= 11 is 6.14. The lowest BCUT2D eigenvalue weighted by Gasteiger charge is -2.43. The van der Waals surface area contributed by atoms with Crippen molar-refractivity contribution in [3.05, 3.63) is 23.2 Å². The van der Waals surface area contributed by atoms with Gasteiger partial charge in [-0.2, -0.15) is 4.98 Å². The number of amides is 2. The van der Waals surface area contributed by atoms with Crippen LogP contribution < -0.4 is 0 Å². The molecule has 10 heteroatoms. The maximum Gasteiger partial charge on any atom is 0.419 e. The van der Waals surface area contributed by atoms with Crippen LogP contribution in [0.2, 0.25) is 5.28 Å². The first-order valence-corrected chi connectivity index (χ1v) is 12.3. The molecule has 2 amide bonds. The molecule has 0 unspecified atom stereocenters. The number of imide groups is 1. The summed E-state index contributed by atoms with van der Waals surface area (Å²) in [6.45, 7) is 11.9. The van der Waals surface area contributed by atoms with Gasteiger partial charge in [-0.1, -0.05) is 19.3 Å². The van der Waals surface area contributed by atoms with Crippen LogP contribution in [0.4, 0.5) is 9.59 Å². The molecule has 1 aliphatic carbocycles. The summed E-state index contributed by atoms with van der Waals surface area (Å²) in [6.07, 6.45) is 3.93. The Morgan fingerprint density at radius 3 is 2.06 bits per heavy atom. The zero-order valence-corrected chi connectivity index (χ0v) is 22.4. The Morgan fingerprint density at radius 1 is 1.03 bits per heavy atom. The Morgan fingerprint density at radius 2 is 1.57 bits per heavy atom. The van der Waals surface area contributed by atoms with E-state index in [9.17, 15) is 14.4 Å². The van der Waals surface area contributed by atoms with Crippen LogP contribution in [0.5, 0.6) is 0 Å². The van der Waals surface area contributed by atoms with E-state index in [4.69, 9.17) is 21.1 Å². The molecule has 9 nitrogen and oxygen atoms in total. The maximum atomic E-state index is 13.3. The van der Waals surface area contributed by atoms with E-state index in [-0.39, 0.29) is 17.6 Å². The first-order chi connectivity index (χ1) is 16.1. The number of aromatic nitrogens is 3. The van der Waals surface area contributed by atoms with Crippen LogP contribution in [-0.4, -0.2) is 55.2 Å². The van der Waals surface area contributed by atoms with E-state index < -0.39 is 28.9 Å². The second-order valence-electron chi connectivity index (χ2n) is 11.2. The van der Waals surface area contributed by atoms with Crippen LogP contribution in [-0.2, 0) is 15.0 Å². The number of rotatable bonds is 4. The number of Topliss-reactive ketones (excluding diaryl/α,β-unsaturated/α-hetero) is 1. The fraction of sp³-hybridized carbons (Fsp3) is 0.640. The third kappa shape index (κ3) is 6.31. The lowest BCUT2D eigenvalue weighted by atomic mass is 9.80. The topological polar surface area (TPSA) is 104 Å². The molecule has 1 aliphatic rings. The van der Waals surface area contributed by atoms with Crippen molar-refractivity contribution >= 4 is 40.6 Å². The van der Waals surface area contributed by atoms with Crippen molar-refractivity contribution in [2.75, 3.05) is 6.54 Å². The number of nitrogens with zero attached hydrogens (tertiary/aromatic N) is 4. The SMILES string of the molecule is CC(=O)c1cc2cnc(Cl)nc2n1C1(CN(C(=O)OC(C)(C)C)C(=O)OC(C)(C)C)CCCCC1. The summed E-state index contributed by atoms with van der Waals surface area (Å²) in [5.74, 6) is -0.162. The molecule has 0 aliphatic heterocycles. The number of hydrogen-bond acceptors (Lipinski definition) is 7. The fourth-order valence-electron chi connectivity index (χ4n) is 4.50. The molecule has 3 rings (SSSR count). The van der Waals surface area contributed by atoms with Crippen molar-refractivity contribution in [1.82, 2.24) is 19.4 Å². The van der Waals surface area contributed by atoms with Gasteiger partial charge < -0.3 is 14.0 Å². The van der Waals surface area contributed by atoms with Crippen molar-refractivity contribution in [1.29, 1.82) is 0 Å². The average molecular weight is 507 g/mol. The number of carbonyl (C=O) groups is 3. The molecule has 2 aromatic heterocycles. The molecule has 0 bridgehead atoms. The number of carbonyl (C=O) groups excluding carboxylic acids is 3. The largest absolute Gasteiger partial charge is 0.443 e. The molecule has 0 N–H and O–H groups in total. The Kier molecular flexibility index (Phi) is 7.50. The third-order valence-electron chi connectivity index (χ3n) is 5.81. The molecule has 2 aromatic rings. The molecule has 0 aromatic carbocycles. The van der Waals surface area contributed by atoms with Crippen molar-refractivity contribution in [2.45, 2.75) is 97.3 Å². The van der Waals surface area contributed by atoms with E-state index in [0.29, 0.717) is 29.6 Å². The Hall–Kier alpha value is -2.68. The lowest BCUT2D eigenvalue weighted by molar-refractivity contribution is -0.00915. The minimum Gasteiger partial charge on any atom is -0.443 e. The van der Waals surface area contributed by atoms with Gasteiger partial charge in [-0.05, 0) is 72.1 Å². The zero-order chi connectivity index (χ0) is 26.2. The van der Waals surface area contributed by atoms with Crippen LogP contribution in [0, 0.1) is 0 Å². The molecule has 35 heavy (non-hydrogen) atoms. The molecule has 0 atom stereocenters. The first-order valence-electron chi connectivity index (χ1n) is 11.9. The standard InChI is InChI=1S/C25H35ClN4O5/c1-16(31)18-13-17-14-27-20(26)28-19(17)30(18)25(11-9-8-10-12-25)15-29(21(32)34-23(2,3)4)22(33)35-24(5,6)7/h13-14H,8-12,15H2,1-7H3. The third-order valence-corrected chi connectivity index (χ3v) is 5.99. The number of hydrogen-bond donors (Lipinski definition) is 0. The van der Waals surface area contributed by atoms with Crippen LogP contribution in [0.25, 0.3) is 11.0 Å². The summed E-state index contributed by atoms with van der Waals surface area (Å²) in [7, 11) is 0. The van der Waals surface area contributed by atoms with Gasteiger partial charge in [0.25, 0.3) is 0 Å². The molecule has 192 valence electrons. The summed E-state index contributed by atoms with van der Waals surface area (Å²) in [4.78, 5) is 48.8. The quantitative estimate of drug-likeness (QED) is 0.363. The molecule has 1 fully saturated rings. The molecular formula is C25H35ClN4O5. The van der Waals surface area contributed by atoms with Crippen LogP contribution >= 0.6 is 11.6 Å². The molecular weight excluding hydrogens is 472 g/mol.